The maximum atomic E-state index is 13.6. The first-order chi connectivity index (χ1) is 12.9. The van der Waals surface area contributed by atoms with E-state index in [0.29, 0.717) is 26.6 Å². The molecule has 0 radical (unpaired) electrons. The molecule has 0 saturated carbocycles. The first-order valence-electron chi connectivity index (χ1n) is 8.33. The third kappa shape index (κ3) is 4.47. The van der Waals surface area contributed by atoms with Crippen molar-refractivity contribution >= 4 is 22.1 Å². The van der Waals surface area contributed by atoms with E-state index in [0.717, 1.165) is 6.07 Å². The van der Waals surface area contributed by atoms with Gasteiger partial charge in [-0.15, -0.1) is 0 Å². The molecule has 1 unspecified atom stereocenters. The molecular weight excluding hydrogens is 402 g/mol. The maximum Gasteiger partial charge on any atom is 0.405 e. The Morgan fingerprint density at radius 1 is 1.25 bits per heavy atom. The van der Waals surface area contributed by atoms with Crippen LogP contribution >= 0.6 is 0 Å². The van der Waals surface area contributed by atoms with E-state index < -0.39 is 33.4 Å². The zero-order chi connectivity index (χ0) is 21.2. The van der Waals surface area contributed by atoms with E-state index >= 15 is 0 Å². The molecule has 0 bridgehead atoms. The third-order valence-electron chi connectivity index (χ3n) is 4.54. The van der Waals surface area contributed by atoms with Crippen LogP contribution in [-0.4, -0.2) is 56.1 Å². The van der Waals surface area contributed by atoms with Crippen LogP contribution < -0.4 is 0 Å². The Balaban J connectivity index is 2.14. The number of alkyl halides is 2. The average molecular weight is 422 g/mol. The van der Waals surface area contributed by atoms with Gasteiger partial charge in [-0.05, 0) is 25.5 Å². The summed E-state index contributed by atoms with van der Waals surface area (Å²) < 4.78 is 72.1. The van der Waals surface area contributed by atoms with Crippen LogP contribution in [0, 0.1) is 5.41 Å². The lowest BCUT2D eigenvalue weighted by Gasteiger charge is -2.39. The third-order valence-corrected chi connectivity index (χ3v) is 5.56. The van der Waals surface area contributed by atoms with Crippen molar-refractivity contribution in [2.75, 3.05) is 19.8 Å². The second-order valence-electron chi connectivity index (χ2n) is 6.55. The number of benzene rings is 1. The Morgan fingerprint density at radius 2 is 1.79 bits per heavy atom. The normalized spacial score (nSPS) is 17.3. The molecule has 28 heavy (non-hydrogen) atoms. The van der Waals surface area contributed by atoms with Gasteiger partial charge in [0.2, 0.25) is 0 Å². The zero-order valence-electron chi connectivity index (χ0n) is 15.2. The number of halogens is 2. The van der Waals surface area contributed by atoms with Crippen molar-refractivity contribution < 1.29 is 45.6 Å². The molecule has 1 aliphatic heterocycles. The number of rotatable bonds is 8. The van der Waals surface area contributed by atoms with Crippen molar-refractivity contribution in [3.05, 3.63) is 35.4 Å². The molecule has 0 amide bonds. The van der Waals surface area contributed by atoms with Crippen LogP contribution in [0.1, 0.15) is 41.0 Å². The highest BCUT2D eigenvalue weighted by atomic mass is 32.2. The van der Waals surface area contributed by atoms with Gasteiger partial charge in [-0.3, -0.25) is 4.55 Å². The Bertz CT molecular complexity index is 843. The highest BCUT2D eigenvalue weighted by Crippen LogP contribution is 2.32. The lowest BCUT2D eigenvalue weighted by Crippen LogP contribution is -2.46. The zero-order valence-corrected chi connectivity index (χ0v) is 16.0. The predicted molar refractivity (Wildman–Crippen MR) is 91.6 cm³/mol. The lowest BCUT2D eigenvalue weighted by atomic mass is 9.84. The predicted octanol–water partition coefficient (Wildman–Crippen LogP) is 2.30. The Hall–Kier alpha value is -2.11. The second kappa shape index (κ2) is 8.10. The van der Waals surface area contributed by atoms with Crippen LogP contribution in [0.15, 0.2) is 24.3 Å². The van der Waals surface area contributed by atoms with Gasteiger partial charge in [-0.2, -0.15) is 17.2 Å². The number of hydrogen-bond donors (Lipinski definition) is 1. The van der Waals surface area contributed by atoms with Crippen LogP contribution in [0.5, 0.6) is 0 Å². The first-order valence-corrected chi connectivity index (χ1v) is 9.77. The van der Waals surface area contributed by atoms with Crippen LogP contribution in [0.25, 0.3) is 0 Å². The van der Waals surface area contributed by atoms with Gasteiger partial charge >= 0.3 is 27.3 Å². The molecule has 1 N–H and O–H groups in total. The standard InChI is InChI=1S/C17H20F2O8S/c1-3-16(8-25-9-16)10-26-14(20)12-6-4-5-7-13(12)15(21)27-11(2)17(18,19)28(22,23)24/h4-7,11H,3,8-10H2,1-2H3,(H,22,23,24). The number of hydrogen-bond acceptors (Lipinski definition) is 7. The minimum Gasteiger partial charge on any atom is -0.461 e. The molecule has 1 saturated heterocycles. The summed E-state index contributed by atoms with van der Waals surface area (Å²) in [5.74, 6) is -2.22. The molecule has 2 rings (SSSR count). The number of carbonyl (C=O) groups is 2. The number of carbonyl (C=O) groups excluding carboxylic acids is 2. The summed E-state index contributed by atoms with van der Waals surface area (Å²) in [6.45, 7) is 3.45. The molecule has 1 atom stereocenters. The monoisotopic (exact) mass is 422 g/mol. The van der Waals surface area contributed by atoms with Crippen molar-refractivity contribution in [3.8, 4) is 0 Å². The molecule has 0 aromatic heterocycles. The van der Waals surface area contributed by atoms with E-state index in [1.54, 1.807) is 0 Å². The lowest BCUT2D eigenvalue weighted by molar-refractivity contribution is -0.140. The molecule has 156 valence electrons. The molecule has 1 aromatic rings. The van der Waals surface area contributed by atoms with E-state index in [1.807, 2.05) is 6.92 Å². The van der Waals surface area contributed by atoms with Crippen molar-refractivity contribution in [2.24, 2.45) is 5.41 Å². The molecule has 1 aliphatic rings. The van der Waals surface area contributed by atoms with Gasteiger partial charge in [0.25, 0.3) is 0 Å². The summed E-state index contributed by atoms with van der Waals surface area (Å²) in [6, 6.07) is 5.21. The van der Waals surface area contributed by atoms with Crippen molar-refractivity contribution in [2.45, 2.75) is 31.6 Å². The molecule has 0 spiro atoms. The molecular formula is C17H20F2O8S. The van der Waals surface area contributed by atoms with Crippen LogP contribution in [-0.2, 0) is 24.3 Å². The highest BCUT2D eigenvalue weighted by Gasteiger charge is 2.52. The summed E-state index contributed by atoms with van der Waals surface area (Å²) >= 11 is 0. The summed E-state index contributed by atoms with van der Waals surface area (Å²) in [6.07, 6.45) is -1.78. The van der Waals surface area contributed by atoms with Crippen molar-refractivity contribution in [3.63, 3.8) is 0 Å². The van der Waals surface area contributed by atoms with Crippen molar-refractivity contribution in [1.29, 1.82) is 0 Å². The van der Waals surface area contributed by atoms with E-state index in [9.17, 15) is 26.8 Å². The van der Waals surface area contributed by atoms with Gasteiger partial charge in [0.1, 0.15) is 6.61 Å². The Labute approximate surface area is 160 Å². The van der Waals surface area contributed by atoms with E-state index in [1.165, 1.54) is 18.2 Å². The molecule has 8 nitrogen and oxygen atoms in total. The molecule has 1 aromatic carbocycles. The summed E-state index contributed by atoms with van der Waals surface area (Å²) in [5, 5.41) is -4.71. The molecule has 11 heteroatoms. The summed E-state index contributed by atoms with van der Waals surface area (Å²) in [7, 11) is -5.79. The Morgan fingerprint density at radius 3 is 2.21 bits per heavy atom. The quantitative estimate of drug-likeness (QED) is 0.501. The largest absolute Gasteiger partial charge is 0.461 e. The van der Waals surface area contributed by atoms with Crippen LogP contribution in [0.3, 0.4) is 0 Å². The SMILES string of the molecule is CCC1(COC(=O)c2ccccc2C(=O)OC(C)C(F)(F)S(=O)(=O)O)COC1. The number of esters is 2. The maximum absolute atomic E-state index is 13.6. The van der Waals surface area contributed by atoms with Gasteiger partial charge in [0, 0.05) is 0 Å². The fraction of sp³-hybridized carbons (Fsp3) is 0.529. The van der Waals surface area contributed by atoms with Gasteiger partial charge in [0.05, 0.1) is 29.8 Å². The average Bonchev–Trinajstić information content (AvgIpc) is 2.59. The van der Waals surface area contributed by atoms with Crippen LogP contribution in [0.2, 0.25) is 0 Å². The smallest absolute Gasteiger partial charge is 0.405 e. The highest BCUT2D eigenvalue weighted by molar-refractivity contribution is 7.86. The van der Waals surface area contributed by atoms with E-state index in [4.69, 9.17) is 14.0 Å². The van der Waals surface area contributed by atoms with E-state index in [2.05, 4.69) is 4.74 Å². The Kier molecular flexibility index (Phi) is 6.41. The molecule has 1 fully saturated rings. The molecule has 0 aliphatic carbocycles. The van der Waals surface area contributed by atoms with Gasteiger partial charge in [-0.25, -0.2) is 9.59 Å². The topological polar surface area (TPSA) is 116 Å². The van der Waals surface area contributed by atoms with Gasteiger partial charge in [0.15, 0.2) is 6.10 Å². The fourth-order valence-corrected chi connectivity index (χ4v) is 2.89. The van der Waals surface area contributed by atoms with Crippen molar-refractivity contribution in [1.82, 2.24) is 0 Å². The van der Waals surface area contributed by atoms with Gasteiger partial charge in [-0.1, -0.05) is 19.1 Å². The molecule has 1 heterocycles. The minimum atomic E-state index is -5.79. The summed E-state index contributed by atoms with van der Waals surface area (Å²) in [4.78, 5) is 24.6. The fourth-order valence-electron chi connectivity index (χ4n) is 2.42. The first kappa shape index (κ1) is 22.2. The van der Waals surface area contributed by atoms with Gasteiger partial charge < -0.3 is 14.2 Å². The summed E-state index contributed by atoms with van der Waals surface area (Å²) in [5.41, 5.74) is -0.890. The van der Waals surface area contributed by atoms with Crippen LogP contribution in [0.4, 0.5) is 8.78 Å². The minimum absolute atomic E-state index is 0.0585. The van der Waals surface area contributed by atoms with E-state index in [-0.39, 0.29) is 23.1 Å². The number of ether oxygens (including phenoxy) is 3. The second-order valence-corrected chi connectivity index (χ2v) is 8.05.